The molecule has 0 saturated heterocycles. The van der Waals surface area contributed by atoms with Crippen LogP contribution in [-0.4, -0.2) is 0 Å². The fraction of sp³-hybridized carbons (Fsp3) is 0.200. The van der Waals surface area contributed by atoms with Crippen LogP contribution in [0, 0.1) is 6.92 Å². The molecule has 58 valence electrons. The van der Waals surface area contributed by atoms with Gasteiger partial charge in [-0.3, -0.25) is 0 Å². The van der Waals surface area contributed by atoms with Gasteiger partial charge >= 0.3 is 0 Å². The van der Waals surface area contributed by atoms with Gasteiger partial charge in [0.15, 0.2) is 0 Å². The minimum Gasteiger partial charge on any atom is -0.462 e. The van der Waals surface area contributed by atoms with Gasteiger partial charge in [-0.1, -0.05) is 18.2 Å². The second kappa shape index (κ2) is 3.24. The predicted molar refractivity (Wildman–Crippen MR) is 47.3 cm³/mol. The summed E-state index contributed by atoms with van der Waals surface area (Å²) in [4.78, 5) is 0. The van der Waals surface area contributed by atoms with E-state index in [9.17, 15) is 0 Å². The van der Waals surface area contributed by atoms with Crippen LogP contribution < -0.4 is 0 Å². The van der Waals surface area contributed by atoms with Crippen LogP contribution in [0.2, 0.25) is 0 Å². The van der Waals surface area contributed by atoms with Gasteiger partial charge in [0.2, 0.25) is 0 Å². The molecule has 1 aromatic heterocycles. The van der Waals surface area contributed by atoms with E-state index in [2.05, 4.69) is 6.58 Å². The van der Waals surface area contributed by atoms with Gasteiger partial charge in [0.25, 0.3) is 0 Å². The lowest BCUT2D eigenvalue weighted by Gasteiger charge is -1.85. The standard InChI is InChI=1S/C10H12O/c1-8(2)4-6-10-7-5-9(3)11-10/h4-7H,1H2,2-3H3/b6-4+. The maximum Gasteiger partial charge on any atom is 0.127 e. The van der Waals surface area contributed by atoms with Crippen molar-refractivity contribution in [1.82, 2.24) is 0 Å². The highest BCUT2D eigenvalue weighted by Crippen LogP contribution is 2.08. The van der Waals surface area contributed by atoms with Crippen molar-refractivity contribution in [1.29, 1.82) is 0 Å². The normalized spacial score (nSPS) is 10.7. The van der Waals surface area contributed by atoms with Crippen LogP contribution in [0.3, 0.4) is 0 Å². The topological polar surface area (TPSA) is 13.1 Å². The van der Waals surface area contributed by atoms with Gasteiger partial charge < -0.3 is 4.42 Å². The van der Waals surface area contributed by atoms with Crippen LogP contribution in [0.4, 0.5) is 0 Å². The van der Waals surface area contributed by atoms with Gasteiger partial charge in [-0.05, 0) is 32.1 Å². The van der Waals surface area contributed by atoms with E-state index in [0.29, 0.717) is 0 Å². The third-order valence-corrected chi connectivity index (χ3v) is 1.29. The molecule has 0 aliphatic rings. The molecule has 0 N–H and O–H groups in total. The second-order valence-electron chi connectivity index (χ2n) is 2.63. The van der Waals surface area contributed by atoms with E-state index in [1.165, 1.54) is 0 Å². The quantitative estimate of drug-likeness (QED) is 0.587. The van der Waals surface area contributed by atoms with Gasteiger partial charge in [0, 0.05) is 0 Å². The smallest absolute Gasteiger partial charge is 0.127 e. The molecular formula is C10H12O. The van der Waals surface area contributed by atoms with Crippen LogP contribution >= 0.6 is 0 Å². The molecule has 0 atom stereocenters. The van der Waals surface area contributed by atoms with Crippen LogP contribution in [0.15, 0.2) is 34.8 Å². The molecule has 0 bridgehead atoms. The maximum atomic E-state index is 5.31. The summed E-state index contributed by atoms with van der Waals surface area (Å²) in [5.41, 5.74) is 1.03. The molecule has 1 nitrogen and oxygen atoms in total. The Balaban J connectivity index is 2.71. The van der Waals surface area contributed by atoms with E-state index < -0.39 is 0 Å². The fourth-order valence-electron chi connectivity index (χ4n) is 0.767. The summed E-state index contributed by atoms with van der Waals surface area (Å²) >= 11 is 0. The molecule has 1 aromatic rings. The first kappa shape index (κ1) is 7.86. The van der Waals surface area contributed by atoms with Crippen molar-refractivity contribution >= 4 is 6.08 Å². The summed E-state index contributed by atoms with van der Waals surface area (Å²) < 4.78 is 5.31. The molecule has 0 aliphatic carbocycles. The Morgan fingerprint density at radius 1 is 1.55 bits per heavy atom. The lowest BCUT2D eigenvalue weighted by atomic mass is 10.3. The van der Waals surface area contributed by atoms with Crippen LogP contribution in [0.5, 0.6) is 0 Å². The molecule has 11 heavy (non-hydrogen) atoms. The molecule has 1 heterocycles. The highest BCUT2D eigenvalue weighted by atomic mass is 16.3. The zero-order chi connectivity index (χ0) is 8.27. The zero-order valence-corrected chi connectivity index (χ0v) is 6.92. The molecule has 0 unspecified atom stereocenters. The average molecular weight is 148 g/mol. The molecular weight excluding hydrogens is 136 g/mol. The summed E-state index contributed by atoms with van der Waals surface area (Å²) in [5.74, 6) is 1.82. The average Bonchev–Trinajstić information content (AvgIpc) is 2.31. The van der Waals surface area contributed by atoms with E-state index in [1.54, 1.807) is 0 Å². The third kappa shape index (κ3) is 2.46. The van der Waals surface area contributed by atoms with E-state index in [-0.39, 0.29) is 0 Å². The predicted octanol–water partition coefficient (Wildman–Crippen LogP) is 3.18. The van der Waals surface area contributed by atoms with Gasteiger partial charge in [-0.25, -0.2) is 0 Å². The van der Waals surface area contributed by atoms with Gasteiger partial charge in [0.05, 0.1) is 0 Å². The SMILES string of the molecule is C=C(C)/C=C/c1ccc(C)o1. The van der Waals surface area contributed by atoms with Crippen molar-refractivity contribution in [3.8, 4) is 0 Å². The number of hydrogen-bond donors (Lipinski definition) is 0. The Kier molecular flexibility index (Phi) is 2.32. The van der Waals surface area contributed by atoms with Crippen molar-refractivity contribution in [2.24, 2.45) is 0 Å². The first-order chi connectivity index (χ1) is 5.18. The highest BCUT2D eigenvalue weighted by molar-refractivity contribution is 5.46. The number of rotatable bonds is 2. The molecule has 0 saturated carbocycles. The van der Waals surface area contributed by atoms with Crippen molar-refractivity contribution in [2.75, 3.05) is 0 Å². The molecule has 0 amide bonds. The minimum absolute atomic E-state index is 0.880. The Bertz CT molecular complexity index is 279. The molecule has 1 rings (SSSR count). The first-order valence-corrected chi connectivity index (χ1v) is 3.58. The van der Waals surface area contributed by atoms with Crippen molar-refractivity contribution in [3.63, 3.8) is 0 Å². The van der Waals surface area contributed by atoms with E-state index >= 15 is 0 Å². The number of aryl methyl sites for hydroxylation is 1. The van der Waals surface area contributed by atoms with E-state index in [1.807, 2.05) is 38.1 Å². The Hall–Kier alpha value is -1.24. The van der Waals surface area contributed by atoms with Crippen LogP contribution in [0.25, 0.3) is 6.08 Å². The Labute approximate surface area is 67.0 Å². The molecule has 0 spiro atoms. The molecule has 0 radical (unpaired) electrons. The second-order valence-corrected chi connectivity index (χ2v) is 2.63. The highest BCUT2D eigenvalue weighted by Gasteiger charge is 1.90. The zero-order valence-electron chi connectivity index (χ0n) is 6.92. The van der Waals surface area contributed by atoms with Crippen molar-refractivity contribution < 1.29 is 4.42 Å². The van der Waals surface area contributed by atoms with Gasteiger partial charge in [-0.2, -0.15) is 0 Å². The number of hydrogen-bond acceptors (Lipinski definition) is 1. The summed E-state index contributed by atoms with van der Waals surface area (Å²) in [6.45, 7) is 7.63. The van der Waals surface area contributed by atoms with Crippen LogP contribution in [-0.2, 0) is 0 Å². The molecule has 0 fully saturated rings. The minimum atomic E-state index is 0.880. The van der Waals surface area contributed by atoms with Crippen LogP contribution in [0.1, 0.15) is 18.4 Å². The lowest BCUT2D eigenvalue weighted by Crippen LogP contribution is -1.63. The Morgan fingerprint density at radius 2 is 2.27 bits per heavy atom. The number of allylic oxidation sites excluding steroid dienone is 2. The van der Waals surface area contributed by atoms with Crippen molar-refractivity contribution in [3.05, 3.63) is 41.9 Å². The fourth-order valence-corrected chi connectivity index (χ4v) is 0.767. The maximum absolute atomic E-state index is 5.31. The summed E-state index contributed by atoms with van der Waals surface area (Å²) in [6.07, 6.45) is 3.84. The third-order valence-electron chi connectivity index (χ3n) is 1.29. The van der Waals surface area contributed by atoms with Crippen molar-refractivity contribution in [2.45, 2.75) is 13.8 Å². The monoisotopic (exact) mass is 148 g/mol. The molecule has 0 aliphatic heterocycles. The summed E-state index contributed by atoms with van der Waals surface area (Å²) in [7, 11) is 0. The van der Waals surface area contributed by atoms with Gasteiger partial charge in [-0.15, -0.1) is 0 Å². The lowest BCUT2D eigenvalue weighted by molar-refractivity contribution is 0.525. The Morgan fingerprint density at radius 3 is 2.73 bits per heavy atom. The molecule has 1 heteroatoms. The van der Waals surface area contributed by atoms with E-state index in [0.717, 1.165) is 17.1 Å². The first-order valence-electron chi connectivity index (χ1n) is 3.58. The number of furan rings is 1. The van der Waals surface area contributed by atoms with Gasteiger partial charge in [0.1, 0.15) is 11.5 Å². The van der Waals surface area contributed by atoms with E-state index in [4.69, 9.17) is 4.42 Å². The molecule has 0 aromatic carbocycles. The largest absolute Gasteiger partial charge is 0.462 e. The summed E-state index contributed by atoms with van der Waals surface area (Å²) in [5, 5.41) is 0. The summed E-state index contributed by atoms with van der Waals surface area (Å²) in [6, 6.07) is 3.88.